The molecule has 2 unspecified atom stereocenters. The molecule has 1 rings (SSSR count). The largest absolute Gasteiger partial charge is 0.376 e. The maximum Gasteiger partial charge on any atom is 0.0553 e. The van der Waals surface area contributed by atoms with Gasteiger partial charge in [0.15, 0.2) is 0 Å². The molecule has 53 valence electrons. The van der Waals surface area contributed by atoms with Gasteiger partial charge >= 0.3 is 0 Å². The zero-order valence-corrected chi connectivity index (χ0v) is 6.26. The number of hydrogen-bond acceptors (Lipinski definition) is 1. The van der Waals surface area contributed by atoms with Crippen molar-refractivity contribution < 1.29 is 4.74 Å². The van der Waals surface area contributed by atoms with Gasteiger partial charge in [0.25, 0.3) is 0 Å². The highest BCUT2D eigenvalue weighted by Gasteiger charge is 2.20. The van der Waals surface area contributed by atoms with E-state index in [-0.39, 0.29) is 0 Å². The normalized spacial score (nSPS) is 45.0. The fraction of sp³-hybridized carbons (Fsp3) is 0.875. The summed E-state index contributed by atoms with van der Waals surface area (Å²) in [6.45, 7) is 8.26. The van der Waals surface area contributed by atoms with Crippen molar-refractivity contribution >= 4 is 0 Å². The molecule has 0 aromatic carbocycles. The van der Waals surface area contributed by atoms with Crippen LogP contribution < -0.4 is 0 Å². The summed E-state index contributed by atoms with van der Waals surface area (Å²) >= 11 is 0. The van der Waals surface area contributed by atoms with E-state index in [2.05, 4.69) is 20.8 Å². The molecule has 1 aliphatic rings. The van der Waals surface area contributed by atoms with Crippen LogP contribution in [-0.4, -0.2) is 12.2 Å². The van der Waals surface area contributed by atoms with Crippen LogP contribution in [-0.2, 0) is 4.74 Å². The van der Waals surface area contributed by atoms with Gasteiger partial charge in [-0.3, -0.25) is 0 Å². The predicted octanol–water partition coefficient (Wildman–Crippen LogP) is 2.02. The van der Waals surface area contributed by atoms with Gasteiger partial charge in [-0.15, -0.1) is 0 Å². The average molecular weight is 127 g/mol. The minimum atomic E-state index is 0.427. The lowest BCUT2D eigenvalue weighted by Crippen LogP contribution is -2.27. The molecular formula is C8H15O. The Morgan fingerprint density at radius 2 is 1.67 bits per heavy atom. The Balaban J connectivity index is 2.34. The van der Waals surface area contributed by atoms with Crippen LogP contribution in [0, 0.1) is 12.8 Å². The topological polar surface area (TPSA) is 9.23 Å². The van der Waals surface area contributed by atoms with E-state index in [1.165, 1.54) is 0 Å². The molecule has 1 heteroatoms. The van der Waals surface area contributed by atoms with Crippen LogP contribution >= 0.6 is 0 Å². The van der Waals surface area contributed by atoms with Crippen molar-refractivity contribution in [3.05, 3.63) is 6.92 Å². The van der Waals surface area contributed by atoms with Gasteiger partial charge in [-0.25, -0.2) is 0 Å². The predicted molar refractivity (Wildman–Crippen MR) is 38.1 cm³/mol. The summed E-state index contributed by atoms with van der Waals surface area (Å²) in [5.74, 6) is 0.615. The molecule has 9 heavy (non-hydrogen) atoms. The molecule has 1 saturated heterocycles. The van der Waals surface area contributed by atoms with E-state index in [1.54, 1.807) is 0 Å². The molecule has 1 aliphatic heterocycles. The molecule has 2 atom stereocenters. The molecule has 1 nitrogen and oxygen atoms in total. The number of ether oxygens (including phenoxy) is 1. The molecule has 0 spiro atoms. The van der Waals surface area contributed by atoms with E-state index in [9.17, 15) is 0 Å². The van der Waals surface area contributed by atoms with Gasteiger partial charge in [0.2, 0.25) is 0 Å². The van der Waals surface area contributed by atoms with Crippen LogP contribution in [0.5, 0.6) is 0 Å². The molecular weight excluding hydrogens is 112 g/mol. The zero-order valence-electron chi connectivity index (χ0n) is 6.26. The van der Waals surface area contributed by atoms with Gasteiger partial charge < -0.3 is 4.74 Å². The summed E-state index contributed by atoms with van der Waals surface area (Å²) in [7, 11) is 0. The van der Waals surface area contributed by atoms with Crippen LogP contribution in [0.1, 0.15) is 26.7 Å². The van der Waals surface area contributed by atoms with Crippen molar-refractivity contribution in [1.29, 1.82) is 0 Å². The third-order valence-corrected chi connectivity index (χ3v) is 1.80. The minimum Gasteiger partial charge on any atom is -0.376 e. The van der Waals surface area contributed by atoms with E-state index in [1.807, 2.05) is 0 Å². The first-order chi connectivity index (χ1) is 4.18. The maximum absolute atomic E-state index is 5.52. The first-order valence-electron chi connectivity index (χ1n) is 3.67. The number of hydrogen-bond donors (Lipinski definition) is 0. The summed E-state index contributed by atoms with van der Waals surface area (Å²) in [5.41, 5.74) is 0. The van der Waals surface area contributed by atoms with Crippen molar-refractivity contribution in [2.24, 2.45) is 5.92 Å². The van der Waals surface area contributed by atoms with Crippen LogP contribution in [0.4, 0.5) is 0 Å². The fourth-order valence-electron chi connectivity index (χ4n) is 1.54. The standard InChI is InChI=1S/C8H15O/c1-6-4-7(2)9-8(3)5-6/h6-8H,1,4-5H2,2-3H3. The second kappa shape index (κ2) is 2.70. The first-order valence-corrected chi connectivity index (χ1v) is 3.67. The van der Waals surface area contributed by atoms with E-state index in [0.29, 0.717) is 18.1 Å². The van der Waals surface area contributed by atoms with Crippen LogP contribution in [0.3, 0.4) is 0 Å². The Hall–Kier alpha value is -0.0400. The van der Waals surface area contributed by atoms with Gasteiger partial charge in [-0.05, 0) is 39.5 Å². The highest BCUT2D eigenvalue weighted by atomic mass is 16.5. The lowest BCUT2D eigenvalue weighted by Gasteiger charge is -2.29. The van der Waals surface area contributed by atoms with E-state index in [0.717, 1.165) is 12.8 Å². The quantitative estimate of drug-likeness (QED) is 0.483. The highest BCUT2D eigenvalue weighted by Crippen LogP contribution is 2.23. The average Bonchev–Trinajstić information content (AvgIpc) is 1.59. The summed E-state index contributed by atoms with van der Waals surface area (Å²) in [6, 6.07) is 0. The molecule has 0 aromatic rings. The Morgan fingerprint density at radius 1 is 1.22 bits per heavy atom. The van der Waals surface area contributed by atoms with Crippen molar-refractivity contribution in [2.75, 3.05) is 0 Å². The Labute approximate surface area is 57.4 Å². The van der Waals surface area contributed by atoms with Crippen molar-refractivity contribution in [2.45, 2.75) is 38.9 Å². The van der Waals surface area contributed by atoms with Gasteiger partial charge in [-0.1, -0.05) is 0 Å². The van der Waals surface area contributed by atoms with Gasteiger partial charge in [0.1, 0.15) is 0 Å². The summed E-state index contributed by atoms with van der Waals surface area (Å²) in [5, 5.41) is 0. The summed E-state index contributed by atoms with van der Waals surface area (Å²) in [4.78, 5) is 0. The van der Waals surface area contributed by atoms with Crippen molar-refractivity contribution in [1.82, 2.24) is 0 Å². The molecule has 0 aliphatic carbocycles. The molecule has 1 radical (unpaired) electrons. The van der Waals surface area contributed by atoms with Crippen LogP contribution in [0.15, 0.2) is 0 Å². The van der Waals surface area contributed by atoms with E-state index in [4.69, 9.17) is 4.74 Å². The SMILES string of the molecule is [CH2]C1CC(C)OC(C)C1. The van der Waals surface area contributed by atoms with Crippen molar-refractivity contribution in [3.63, 3.8) is 0 Å². The lowest BCUT2D eigenvalue weighted by atomic mass is 9.95. The minimum absolute atomic E-state index is 0.427. The smallest absolute Gasteiger partial charge is 0.0553 e. The monoisotopic (exact) mass is 127 g/mol. The Kier molecular flexibility index (Phi) is 2.12. The van der Waals surface area contributed by atoms with E-state index < -0.39 is 0 Å². The second-order valence-corrected chi connectivity index (χ2v) is 3.09. The van der Waals surface area contributed by atoms with Crippen molar-refractivity contribution in [3.8, 4) is 0 Å². The molecule has 0 aromatic heterocycles. The molecule has 0 N–H and O–H groups in total. The third kappa shape index (κ3) is 1.98. The molecule has 0 amide bonds. The molecule has 0 saturated carbocycles. The lowest BCUT2D eigenvalue weighted by molar-refractivity contribution is -0.0440. The fourth-order valence-corrected chi connectivity index (χ4v) is 1.54. The molecule has 0 bridgehead atoms. The van der Waals surface area contributed by atoms with E-state index >= 15 is 0 Å². The Bertz CT molecular complexity index is 65.5. The zero-order chi connectivity index (χ0) is 6.85. The third-order valence-electron chi connectivity index (χ3n) is 1.80. The second-order valence-electron chi connectivity index (χ2n) is 3.09. The van der Waals surface area contributed by atoms with Gasteiger partial charge in [-0.2, -0.15) is 0 Å². The first kappa shape index (κ1) is 7.07. The Morgan fingerprint density at radius 3 is 2.00 bits per heavy atom. The molecule has 1 fully saturated rings. The highest BCUT2D eigenvalue weighted by molar-refractivity contribution is 4.74. The number of rotatable bonds is 0. The van der Waals surface area contributed by atoms with Crippen LogP contribution in [0.25, 0.3) is 0 Å². The van der Waals surface area contributed by atoms with Gasteiger partial charge in [0.05, 0.1) is 12.2 Å². The van der Waals surface area contributed by atoms with Crippen LogP contribution in [0.2, 0.25) is 0 Å². The molecule has 1 heterocycles. The summed E-state index contributed by atoms with van der Waals surface area (Å²) in [6.07, 6.45) is 3.11. The van der Waals surface area contributed by atoms with Gasteiger partial charge in [0, 0.05) is 0 Å². The maximum atomic E-state index is 5.52. The summed E-state index contributed by atoms with van der Waals surface area (Å²) < 4.78 is 5.52.